The predicted molar refractivity (Wildman–Crippen MR) is 90.4 cm³/mol. The van der Waals surface area contributed by atoms with Crippen LogP contribution in [0.2, 0.25) is 0 Å². The van der Waals surface area contributed by atoms with E-state index in [2.05, 4.69) is 20.8 Å². The maximum Gasteiger partial charge on any atom is 0.255 e. The number of anilines is 1. The molecule has 1 saturated heterocycles. The van der Waals surface area contributed by atoms with E-state index in [1.807, 2.05) is 47.4 Å². The second-order valence-corrected chi connectivity index (χ2v) is 6.10. The molecule has 0 aliphatic carbocycles. The van der Waals surface area contributed by atoms with Crippen molar-refractivity contribution in [1.82, 2.24) is 4.90 Å². The van der Waals surface area contributed by atoms with Crippen LogP contribution in [0.1, 0.15) is 10.4 Å². The number of carbonyl (C=O) groups is 1. The Bertz CT molecular complexity index is 682. The third-order valence-electron chi connectivity index (χ3n) is 3.89. The lowest BCUT2D eigenvalue weighted by atomic mass is 10.1. The van der Waals surface area contributed by atoms with Gasteiger partial charge in [0.2, 0.25) is 0 Å². The molecule has 4 nitrogen and oxygen atoms in total. The van der Waals surface area contributed by atoms with Crippen LogP contribution in [0.4, 0.5) is 5.69 Å². The molecule has 1 heterocycles. The van der Waals surface area contributed by atoms with Gasteiger partial charge in [-0.1, -0.05) is 24.3 Å². The van der Waals surface area contributed by atoms with Crippen LogP contribution in [0, 0.1) is 0 Å². The van der Waals surface area contributed by atoms with Crippen LogP contribution in [0.25, 0.3) is 0 Å². The summed E-state index contributed by atoms with van der Waals surface area (Å²) in [7, 11) is 0. The van der Waals surface area contributed by atoms with E-state index in [9.17, 15) is 9.90 Å². The van der Waals surface area contributed by atoms with Crippen LogP contribution in [0.3, 0.4) is 0 Å². The Morgan fingerprint density at radius 1 is 0.955 bits per heavy atom. The highest BCUT2D eigenvalue weighted by molar-refractivity contribution is 9.10. The van der Waals surface area contributed by atoms with Crippen LogP contribution in [0.5, 0.6) is 5.75 Å². The topological polar surface area (TPSA) is 43.8 Å². The van der Waals surface area contributed by atoms with Crippen molar-refractivity contribution in [3.8, 4) is 5.75 Å². The summed E-state index contributed by atoms with van der Waals surface area (Å²) in [6, 6.07) is 14.8. The molecular weight excluding hydrogens is 344 g/mol. The second-order valence-electron chi connectivity index (χ2n) is 5.25. The van der Waals surface area contributed by atoms with Crippen LogP contribution < -0.4 is 4.90 Å². The van der Waals surface area contributed by atoms with Gasteiger partial charge in [0.25, 0.3) is 5.91 Å². The Hall–Kier alpha value is -2.01. The number of carbonyl (C=O) groups excluding carboxylic acids is 1. The molecule has 1 amide bonds. The van der Waals surface area contributed by atoms with E-state index in [4.69, 9.17) is 0 Å². The number of phenolic OH excluding ortho intramolecular Hbond substituents is 1. The van der Waals surface area contributed by atoms with E-state index in [1.54, 1.807) is 6.07 Å². The van der Waals surface area contributed by atoms with Crippen molar-refractivity contribution >= 4 is 27.5 Å². The van der Waals surface area contributed by atoms with E-state index in [1.165, 1.54) is 0 Å². The largest absolute Gasteiger partial charge is 0.506 e. The molecular formula is C17H17BrN2O2. The minimum Gasteiger partial charge on any atom is -0.506 e. The first-order valence-corrected chi connectivity index (χ1v) is 8.03. The SMILES string of the molecule is O=C(c1ccccc1Br)N1CCN(c2ccccc2O)CC1. The van der Waals surface area contributed by atoms with Crippen LogP contribution in [0.15, 0.2) is 53.0 Å². The zero-order chi connectivity index (χ0) is 15.5. The number of hydrogen-bond donors (Lipinski definition) is 1. The molecule has 2 aromatic rings. The van der Waals surface area contributed by atoms with Crippen molar-refractivity contribution < 1.29 is 9.90 Å². The summed E-state index contributed by atoms with van der Waals surface area (Å²) in [4.78, 5) is 16.5. The third kappa shape index (κ3) is 2.95. The molecule has 0 aromatic heterocycles. The number of phenols is 1. The minimum atomic E-state index is 0.0457. The van der Waals surface area contributed by atoms with E-state index in [0.717, 1.165) is 10.2 Å². The number of aromatic hydroxyl groups is 1. The van der Waals surface area contributed by atoms with Crippen LogP contribution in [-0.2, 0) is 0 Å². The zero-order valence-electron chi connectivity index (χ0n) is 12.1. The lowest BCUT2D eigenvalue weighted by Gasteiger charge is -2.36. The van der Waals surface area contributed by atoms with Gasteiger partial charge in [-0.15, -0.1) is 0 Å². The average molecular weight is 361 g/mol. The van der Waals surface area contributed by atoms with Crippen molar-refractivity contribution in [2.75, 3.05) is 31.1 Å². The second kappa shape index (κ2) is 6.40. The van der Waals surface area contributed by atoms with Crippen LogP contribution in [-0.4, -0.2) is 42.1 Å². The van der Waals surface area contributed by atoms with Gasteiger partial charge in [0.1, 0.15) is 5.75 Å². The standard InChI is InChI=1S/C17H17BrN2O2/c18-14-6-2-1-5-13(14)17(22)20-11-9-19(10-12-20)15-7-3-4-8-16(15)21/h1-8,21H,9-12H2. The number of amides is 1. The monoisotopic (exact) mass is 360 g/mol. The fourth-order valence-electron chi connectivity index (χ4n) is 2.69. The van der Waals surface area contributed by atoms with E-state index < -0.39 is 0 Å². The van der Waals surface area contributed by atoms with Gasteiger partial charge in [0.15, 0.2) is 0 Å². The maximum absolute atomic E-state index is 12.6. The van der Waals surface area contributed by atoms with Gasteiger partial charge in [-0.05, 0) is 40.2 Å². The summed E-state index contributed by atoms with van der Waals surface area (Å²) in [5.74, 6) is 0.331. The van der Waals surface area contributed by atoms with Gasteiger partial charge in [-0.2, -0.15) is 0 Å². The molecule has 3 rings (SSSR count). The van der Waals surface area contributed by atoms with Crippen molar-refractivity contribution in [2.45, 2.75) is 0 Å². The first-order valence-electron chi connectivity index (χ1n) is 7.23. The van der Waals surface area contributed by atoms with E-state index >= 15 is 0 Å². The fourth-order valence-corrected chi connectivity index (χ4v) is 3.14. The molecule has 1 fully saturated rings. The summed E-state index contributed by atoms with van der Waals surface area (Å²) in [5.41, 5.74) is 1.52. The molecule has 0 unspecified atom stereocenters. The Morgan fingerprint density at radius 3 is 2.27 bits per heavy atom. The normalized spacial score (nSPS) is 15.0. The number of halogens is 1. The van der Waals surface area contributed by atoms with Crippen molar-refractivity contribution in [1.29, 1.82) is 0 Å². The highest BCUT2D eigenvalue weighted by Crippen LogP contribution is 2.27. The number of rotatable bonds is 2. The number of hydrogen-bond acceptors (Lipinski definition) is 3. The number of benzene rings is 2. The number of piperazine rings is 1. The minimum absolute atomic E-state index is 0.0457. The van der Waals surface area contributed by atoms with Gasteiger partial charge in [-0.3, -0.25) is 4.79 Å². The van der Waals surface area contributed by atoms with Gasteiger partial charge in [0.05, 0.1) is 11.3 Å². The van der Waals surface area contributed by atoms with Crippen molar-refractivity contribution in [3.05, 3.63) is 58.6 Å². The molecule has 0 atom stereocenters. The molecule has 0 bridgehead atoms. The summed E-state index contributed by atoms with van der Waals surface area (Å²) in [6.07, 6.45) is 0. The van der Waals surface area contributed by atoms with Gasteiger partial charge in [0, 0.05) is 30.7 Å². The lowest BCUT2D eigenvalue weighted by molar-refractivity contribution is 0.0746. The Balaban J connectivity index is 1.68. The third-order valence-corrected chi connectivity index (χ3v) is 4.59. The summed E-state index contributed by atoms with van der Waals surface area (Å²) in [6.45, 7) is 2.73. The lowest BCUT2D eigenvalue weighted by Crippen LogP contribution is -2.48. The van der Waals surface area contributed by atoms with Gasteiger partial charge < -0.3 is 14.9 Å². The van der Waals surface area contributed by atoms with Crippen molar-refractivity contribution in [2.24, 2.45) is 0 Å². The maximum atomic E-state index is 12.6. The Kier molecular flexibility index (Phi) is 4.34. The average Bonchev–Trinajstić information content (AvgIpc) is 2.55. The summed E-state index contributed by atoms with van der Waals surface area (Å²) < 4.78 is 0.822. The first kappa shape index (κ1) is 14.9. The van der Waals surface area contributed by atoms with E-state index in [-0.39, 0.29) is 11.7 Å². The molecule has 0 spiro atoms. The summed E-state index contributed by atoms with van der Waals surface area (Å²) in [5, 5.41) is 9.92. The smallest absolute Gasteiger partial charge is 0.255 e. The zero-order valence-corrected chi connectivity index (χ0v) is 13.7. The molecule has 1 aliphatic rings. The van der Waals surface area contributed by atoms with E-state index in [0.29, 0.717) is 31.7 Å². The summed E-state index contributed by atoms with van der Waals surface area (Å²) >= 11 is 3.43. The molecule has 1 N–H and O–H groups in total. The molecule has 22 heavy (non-hydrogen) atoms. The quantitative estimate of drug-likeness (QED) is 0.894. The fraction of sp³-hybridized carbons (Fsp3) is 0.235. The molecule has 2 aromatic carbocycles. The molecule has 1 aliphatic heterocycles. The highest BCUT2D eigenvalue weighted by atomic mass is 79.9. The number of para-hydroxylation sites is 2. The first-order chi connectivity index (χ1) is 10.7. The van der Waals surface area contributed by atoms with Gasteiger partial charge in [-0.25, -0.2) is 0 Å². The van der Waals surface area contributed by atoms with Gasteiger partial charge >= 0.3 is 0 Å². The predicted octanol–water partition coefficient (Wildman–Crippen LogP) is 3.12. The Morgan fingerprint density at radius 2 is 1.59 bits per heavy atom. The van der Waals surface area contributed by atoms with Crippen molar-refractivity contribution in [3.63, 3.8) is 0 Å². The Labute approximate surface area is 138 Å². The number of nitrogens with zero attached hydrogens (tertiary/aromatic N) is 2. The molecule has 0 radical (unpaired) electrons. The molecule has 5 heteroatoms. The van der Waals surface area contributed by atoms with Crippen LogP contribution >= 0.6 is 15.9 Å². The molecule has 114 valence electrons. The highest BCUT2D eigenvalue weighted by Gasteiger charge is 2.24. The molecule has 0 saturated carbocycles.